The summed E-state index contributed by atoms with van der Waals surface area (Å²) in [4.78, 5) is 0. The van der Waals surface area contributed by atoms with Crippen LogP contribution in [0.1, 0.15) is 20.3 Å². The molecule has 1 atom stereocenters. The Hall–Kier alpha value is -1.22. The Labute approximate surface area is 97.0 Å². The normalized spacial score (nSPS) is 12.2. The topological polar surface area (TPSA) is 38.7 Å². The first-order valence-electron chi connectivity index (χ1n) is 5.73. The fourth-order valence-corrected chi connectivity index (χ4v) is 1.19. The highest BCUT2D eigenvalue weighted by molar-refractivity contribution is 5.39. The highest BCUT2D eigenvalue weighted by Gasteiger charge is 2.05. The van der Waals surface area contributed by atoms with Crippen molar-refractivity contribution < 1.29 is 14.6 Å². The second-order valence-corrected chi connectivity index (χ2v) is 3.84. The molecule has 0 bridgehead atoms. The molecule has 90 valence electrons. The van der Waals surface area contributed by atoms with E-state index in [4.69, 9.17) is 14.6 Å². The average Bonchev–Trinajstić information content (AvgIpc) is 2.34. The van der Waals surface area contributed by atoms with Gasteiger partial charge in [-0.1, -0.05) is 32.4 Å². The van der Waals surface area contributed by atoms with Crippen LogP contribution in [0.2, 0.25) is 0 Å². The van der Waals surface area contributed by atoms with Crippen molar-refractivity contribution in [3.05, 3.63) is 24.3 Å². The lowest BCUT2D eigenvalue weighted by Crippen LogP contribution is -2.09. The number of benzene rings is 1. The zero-order valence-corrected chi connectivity index (χ0v) is 9.98. The van der Waals surface area contributed by atoms with Gasteiger partial charge in [-0.3, -0.25) is 0 Å². The van der Waals surface area contributed by atoms with Gasteiger partial charge in [-0.2, -0.15) is 0 Å². The van der Waals surface area contributed by atoms with Crippen LogP contribution in [0.25, 0.3) is 0 Å². The largest absolute Gasteiger partial charge is 0.489 e. The second kappa shape index (κ2) is 7.12. The second-order valence-electron chi connectivity index (χ2n) is 3.84. The van der Waals surface area contributed by atoms with Gasteiger partial charge in [0.1, 0.15) is 6.61 Å². The smallest absolute Gasteiger partial charge is 0.161 e. The Morgan fingerprint density at radius 3 is 2.38 bits per heavy atom. The third kappa shape index (κ3) is 4.11. The van der Waals surface area contributed by atoms with Crippen LogP contribution in [0, 0.1) is 5.92 Å². The summed E-state index contributed by atoms with van der Waals surface area (Å²) in [5.41, 5.74) is 0. The first-order chi connectivity index (χ1) is 7.77. The van der Waals surface area contributed by atoms with Crippen LogP contribution in [-0.2, 0) is 0 Å². The molecule has 1 unspecified atom stereocenters. The molecule has 0 aliphatic heterocycles. The third-order valence-electron chi connectivity index (χ3n) is 2.42. The molecule has 1 aromatic carbocycles. The van der Waals surface area contributed by atoms with Crippen molar-refractivity contribution in [3.63, 3.8) is 0 Å². The lowest BCUT2D eigenvalue weighted by atomic mass is 10.1. The van der Waals surface area contributed by atoms with Crippen molar-refractivity contribution in [2.75, 3.05) is 19.8 Å². The van der Waals surface area contributed by atoms with Crippen molar-refractivity contribution in [3.8, 4) is 11.5 Å². The first-order valence-corrected chi connectivity index (χ1v) is 5.73. The fourth-order valence-electron chi connectivity index (χ4n) is 1.19. The molecule has 0 aliphatic carbocycles. The van der Waals surface area contributed by atoms with E-state index < -0.39 is 0 Å². The molecule has 0 spiro atoms. The molecule has 0 aromatic heterocycles. The van der Waals surface area contributed by atoms with E-state index in [-0.39, 0.29) is 6.61 Å². The van der Waals surface area contributed by atoms with Crippen LogP contribution in [0.5, 0.6) is 11.5 Å². The number of hydrogen-bond acceptors (Lipinski definition) is 3. The predicted molar refractivity (Wildman–Crippen MR) is 64.0 cm³/mol. The number of aliphatic hydroxyl groups is 1. The summed E-state index contributed by atoms with van der Waals surface area (Å²) in [5.74, 6) is 1.97. The van der Waals surface area contributed by atoms with Gasteiger partial charge in [0.05, 0.1) is 13.2 Å². The molecular weight excluding hydrogens is 204 g/mol. The summed E-state index contributed by atoms with van der Waals surface area (Å²) in [6.07, 6.45) is 1.10. The highest BCUT2D eigenvalue weighted by atomic mass is 16.5. The van der Waals surface area contributed by atoms with Crippen molar-refractivity contribution >= 4 is 0 Å². The van der Waals surface area contributed by atoms with Crippen LogP contribution in [0.15, 0.2) is 24.3 Å². The Morgan fingerprint density at radius 2 is 1.81 bits per heavy atom. The summed E-state index contributed by atoms with van der Waals surface area (Å²) in [6.45, 7) is 5.29. The van der Waals surface area contributed by atoms with E-state index in [1.807, 2.05) is 24.3 Å². The summed E-state index contributed by atoms with van der Waals surface area (Å²) in [7, 11) is 0. The maximum absolute atomic E-state index is 8.71. The number of para-hydroxylation sites is 2. The van der Waals surface area contributed by atoms with Gasteiger partial charge in [-0.15, -0.1) is 0 Å². The van der Waals surface area contributed by atoms with Crippen LogP contribution in [0.4, 0.5) is 0 Å². The third-order valence-corrected chi connectivity index (χ3v) is 2.42. The standard InChI is InChI=1S/C13H20O3/c1-3-11(2)10-16-13-7-5-4-6-12(13)15-9-8-14/h4-7,11,14H,3,8-10H2,1-2H3. The van der Waals surface area contributed by atoms with Gasteiger partial charge in [0.15, 0.2) is 11.5 Å². The molecule has 1 N–H and O–H groups in total. The Balaban J connectivity index is 2.56. The zero-order chi connectivity index (χ0) is 11.8. The van der Waals surface area contributed by atoms with Crippen LogP contribution < -0.4 is 9.47 Å². The Kier molecular flexibility index (Phi) is 5.72. The van der Waals surface area contributed by atoms with Gasteiger partial charge in [-0.25, -0.2) is 0 Å². The molecule has 0 radical (unpaired) electrons. The molecule has 0 aliphatic rings. The van der Waals surface area contributed by atoms with Gasteiger partial charge in [-0.05, 0) is 18.1 Å². The number of rotatable bonds is 7. The van der Waals surface area contributed by atoms with Gasteiger partial charge in [0.2, 0.25) is 0 Å². The van der Waals surface area contributed by atoms with Gasteiger partial charge in [0, 0.05) is 0 Å². The summed E-state index contributed by atoms with van der Waals surface area (Å²) < 4.78 is 11.1. The van der Waals surface area contributed by atoms with Gasteiger partial charge in [0.25, 0.3) is 0 Å². The fraction of sp³-hybridized carbons (Fsp3) is 0.538. The maximum Gasteiger partial charge on any atom is 0.161 e. The minimum Gasteiger partial charge on any atom is -0.489 e. The molecule has 16 heavy (non-hydrogen) atoms. The number of aliphatic hydroxyl groups excluding tert-OH is 1. The van der Waals surface area contributed by atoms with Crippen molar-refractivity contribution in [1.29, 1.82) is 0 Å². The molecule has 1 rings (SSSR count). The van der Waals surface area contributed by atoms with Crippen molar-refractivity contribution in [2.24, 2.45) is 5.92 Å². The van der Waals surface area contributed by atoms with E-state index >= 15 is 0 Å². The van der Waals surface area contributed by atoms with E-state index in [1.54, 1.807) is 0 Å². The van der Waals surface area contributed by atoms with E-state index in [0.29, 0.717) is 24.9 Å². The molecule has 0 amide bonds. The lowest BCUT2D eigenvalue weighted by Gasteiger charge is -2.14. The molecule has 0 saturated carbocycles. The van der Waals surface area contributed by atoms with Gasteiger partial charge < -0.3 is 14.6 Å². The first kappa shape index (κ1) is 12.8. The summed E-state index contributed by atoms with van der Waals surface area (Å²) in [5, 5.41) is 8.71. The number of ether oxygens (including phenoxy) is 2. The molecular formula is C13H20O3. The van der Waals surface area contributed by atoms with Crippen LogP contribution >= 0.6 is 0 Å². The van der Waals surface area contributed by atoms with E-state index in [1.165, 1.54) is 0 Å². The molecule has 0 fully saturated rings. The van der Waals surface area contributed by atoms with Crippen molar-refractivity contribution in [2.45, 2.75) is 20.3 Å². The number of hydrogen-bond donors (Lipinski definition) is 1. The maximum atomic E-state index is 8.71. The Morgan fingerprint density at radius 1 is 1.19 bits per heavy atom. The van der Waals surface area contributed by atoms with Crippen molar-refractivity contribution in [1.82, 2.24) is 0 Å². The summed E-state index contributed by atoms with van der Waals surface area (Å²) >= 11 is 0. The SMILES string of the molecule is CCC(C)COc1ccccc1OCCO. The quantitative estimate of drug-likeness (QED) is 0.773. The van der Waals surface area contributed by atoms with E-state index in [2.05, 4.69) is 13.8 Å². The Bertz CT molecular complexity index is 299. The molecule has 0 heterocycles. The monoisotopic (exact) mass is 224 g/mol. The predicted octanol–water partition coefficient (Wildman–Crippen LogP) is 2.48. The minimum absolute atomic E-state index is 0.0136. The molecule has 3 heteroatoms. The average molecular weight is 224 g/mol. The van der Waals surface area contributed by atoms with E-state index in [9.17, 15) is 0 Å². The minimum atomic E-state index is 0.0136. The molecule has 3 nitrogen and oxygen atoms in total. The highest BCUT2D eigenvalue weighted by Crippen LogP contribution is 2.26. The zero-order valence-electron chi connectivity index (χ0n) is 9.98. The molecule has 0 saturated heterocycles. The molecule has 1 aromatic rings. The van der Waals surface area contributed by atoms with E-state index in [0.717, 1.165) is 12.2 Å². The lowest BCUT2D eigenvalue weighted by molar-refractivity contribution is 0.189. The van der Waals surface area contributed by atoms with Crippen LogP contribution in [0.3, 0.4) is 0 Å². The summed E-state index contributed by atoms with van der Waals surface area (Å²) in [6, 6.07) is 7.54. The van der Waals surface area contributed by atoms with Crippen LogP contribution in [-0.4, -0.2) is 24.9 Å². The van der Waals surface area contributed by atoms with Gasteiger partial charge >= 0.3 is 0 Å².